The van der Waals surface area contributed by atoms with Gasteiger partial charge in [0.05, 0.1) is 0 Å². The Hall–Kier alpha value is -0.110. The maximum Gasteiger partial charge on any atom is 0.148 e. The minimum absolute atomic E-state index is 0.866. The van der Waals surface area contributed by atoms with Gasteiger partial charge < -0.3 is 0 Å². The Morgan fingerprint density at radius 1 is 1.80 bits per heavy atom. The zero-order valence-corrected chi connectivity index (χ0v) is 3.46. The molecule has 0 bridgehead atoms. The molecule has 0 aliphatic carbocycles. The zero-order valence-electron chi connectivity index (χ0n) is 3.46. The Balaban J connectivity index is 2.54. The molecular formula is C3H8FN. The summed E-state index contributed by atoms with van der Waals surface area (Å²) in [5, 5.41) is 2.36. The largest absolute Gasteiger partial charge is 0.291 e. The molecule has 32 valence electrons. The molecule has 0 radical (unpaired) electrons. The van der Waals surface area contributed by atoms with Crippen LogP contribution in [0.4, 0.5) is 4.39 Å². The minimum Gasteiger partial charge on any atom is -0.291 e. The van der Waals surface area contributed by atoms with E-state index in [1.54, 1.807) is 7.05 Å². The van der Waals surface area contributed by atoms with E-state index >= 15 is 0 Å². The summed E-state index contributed by atoms with van der Waals surface area (Å²) in [5.41, 5.74) is 0. The molecule has 0 fully saturated rings. The number of alkyl halides is 1. The van der Waals surface area contributed by atoms with E-state index < -0.39 is 6.30 Å². The van der Waals surface area contributed by atoms with E-state index in [1.807, 2.05) is 0 Å². The van der Waals surface area contributed by atoms with Gasteiger partial charge in [-0.25, -0.2) is 4.39 Å². The SMILES string of the molecule is CNC(C)F. The second-order valence-corrected chi connectivity index (χ2v) is 0.905. The highest BCUT2D eigenvalue weighted by Crippen LogP contribution is 1.72. The van der Waals surface area contributed by atoms with Crippen LogP contribution >= 0.6 is 0 Å². The first kappa shape index (κ1) is 4.89. The van der Waals surface area contributed by atoms with Gasteiger partial charge in [0.1, 0.15) is 6.30 Å². The molecule has 0 rings (SSSR count). The Bertz CT molecular complexity index is 20.9. The van der Waals surface area contributed by atoms with Crippen molar-refractivity contribution in [2.75, 3.05) is 7.05 Å². The highest BCUT2D eigenvalue weighted by atomic mass is 19.1. The van der Waals surface area contributed by atoms with Crippen molar-refractivity contribution in [3.63, 3.8) is 0 Å². The summed E-state index contributed by atoms with van der Waals surface area (Å²) in [7, 11) is 1.57. The fourth-order valence-electron chi connectivity index (χ4n) is 0. The molecule has 1 atom stereocenters. The van der Waals surface area contributed by atoms with E-state index in [0.29, 0.717) is 0 Å². The molecule has 2 heteroatoms. The number of hydrogen-bond donors (Lipinski definition) is 1. The number of halogens is 1. The van der Waals surface area contributed by atoms with Crippen molar-refractivity contribution in [3.05, 3.63) is 0 Å². The van der Waals surface area contributed by atoms with E-state index in [9.17, 15) is 4.39 Å². The molecule has 0 heterocycles. The third-order valence-corrected chi connectivity index (χ3v) is 0.398. The van der Waals surface area contributed by atoms with Gasteiger partial charge in [-0.1, -0.05) is 0 Å². The monoisotopic (exact) mass is 77.1 g/mol. The Morgan fingerprint density at radius 2 is 2.00 bits per heavy atom. The molecule has 1 unspecified atom stereocenters. The number of rotatable bonds is 1. The van der Waals surface area contributed by atoms with Gasteiger partial charge in [-0.2, -0.15) is 0 Å². The highest BCUT2D eigenvalue weighted by Gasteiger charge is 1.82. The molecule has 0 aromatic carbocycles. The Kier molecular flexibility index (Phi) is 2.10. The normalized spacial score (nSPS) is 15.0. The first-order chi connectivity index (χ1) is 2.27. The Morgan fingerprint density at radius 3 is 2.00 bits per heavy atom. The molecule has 1 N–H and O–H groups in total. The smallest absolute Gasteiger partial charge is 0.148 e. The lowest BCUT2D eigenvalue weighted by Crippen LogP contribution is -2.13. The van der Waals surface area contributed by atoms with Crippen LogP contribution in [0.3, 0.4) is 0 Å². The predicted molar refractivity (Wildman–Crippen MR) is 19.6 cm³/mol. The van der Waals surface area contributed by atoms with E-state index in [-0.39, 0.29) is 0 Å². The molecule has 0 amide bonds. The van der Waals surface area contributed by atoms with Gasteiger partial charge >= 0.3 is 0 Å². The number of hydrogen-bond acceptors (Lipinski definition) is 1. The van der Waals surface area contributed by atoms with Gasteiger partial charge in [0, 0.05) is 0 Å². The lowest BCUT2D eigenvalue weighted by molar-refractivity contribution is 0.318. The van der Waals surface area contributed by atoms with Crippen molar-refractivity contribution in [1.29, 1.82) is 0 Å². The van der Waals surface area contributed by atoms with E-state index in [0.717, 1.165) is 0 Å². The van der Waals surface area contributed by atoms with Crippen molar-refractivity contribution in [2.45, 2.75) is 13.2 Å². The molecule has 5 heavy (non-hydrogen) atoms. The predicted octanol–water partition coefficient (Wildman–Crippen LogP) is 0.521. The molecule has 0 aromatic rings. The summed E-state index contributed by atoms with van der Waals surface area (Å²) < 4.78 is 11.3. The van der Waals surface area contributed by atoms with Crippen LogP contribution < -0.4 is 5.32 Å². The first-order valence-corrected chi connectivity index (χ1v) is 1.58. The van der Waals surface area contributed by atoms with Crippen LogP contribution in [-0.2, 0) is 0 Å². The van der Waals surface area contributed by atoms with Crippen molar-refractivity contribution >= 4 is 0 Å². The molecule has 0 aliphatic heterocycles. The summed E-state index contributed by atoms with van der Waals surface area (Å²) in [5.74, 6) is 0. The van der Waals surface area contributed by atoms with Crippen LogP contribution in [0.5, 0.6) is 0 Å². The fraction of sp³-hybridized carbons (Fsp3) is 1.00. The first-order valence-electron chi connectivity index (χ1n) is 1.58. The van der Waals surface area contributed by atoms with Crippen molar-refractivity contribution < 1.29 is 4.39 Å². The minimum atomic E-state index is -0.866. The van der Waals surface area contributed by atoms with Gasteiger partial charge in [0.15, 0.2) is 0 Å². The summed E-state index contributed by atoms with van der Waals surface area (Å²) in [4.78, 5) is 0. The van der Waals surface area contributed by atoms with Crippen molar-refractivity contribution in [1.82, 2.24) is 5.32 Å². The molecule has 1 nitrogen and oxygen atoms in total. The molecule has 0 saturated heterocycles. The maximum atomic E-state index is 11.3. The van der Waals surface area contributed by atoms with Gasteiger partial charge in [-0.3, -0.25) is 5.32 Å². The summed E-state index contributed by atoms with van der Waals surface area (Å²) in [6.07, 6.45) is -0.866. The maximum absolute atomic E-state index is 11.3. The quantitative estimate of drug-likeness (QED) is 0.450. The molecule has 0 aliphatic rings. The zero-order chi connectivity index (χ0) is 4.28. The Labute approximate surface area is 31.2 Å². The van der Waals surface area contributed by atoms with E-state index in [4.69, 9.17) is 0 Å². The third-order valence-electron chi connectivity index (χ3n) is 0.398. The third kappa shape index (κ3) is 3.89. The van der Waals surface area contributed by atoms with Gasteiger partial charge in [0.25, 0.3) is 0 Å². The van der Waals surface area contributed by atoms with E-state index in [1.165, 1.54) is 6.92 Å². The summed E-state index contributed by atoms with van der Waals surface area (Å²) >= 11 is 0. The second kappa shape index (κ2) is 2.15. The molecule has 0 aromatic heterocycles. The lowest BCUT2D eigenvalue weighted by atomic mass is 10.7. The second-order valence-electron chi connectivity index (χ2n) is 0.905. The van der Waals surface area contributed by atoms with Crippen LogP contribution in [0.2, 0.25) is 0 Å². The van der Waals surface area contributed by atoms with Crippen LogP contribution in [0.25, 0.3) is 0 Å². The van der Waals surface area contributed by atoms with Gasteiger partial charge in [-0.15, -0.1) is 0 Å². The van der Waals surface area contributed by atoms with Crippen LogP contribution in [-0.4, -0.2) is 13.3 Å². The van der Waals surface area contributed by atoms with E-state index in [2.05, 4.69) is 5.32 Å². The summed E-state index contributed by atoms with van der Waals surface area (Å²) in [6.45, 7) is 1.44. The topological polar surface area (TPSA) is 12.0 Å². The average molecular weight is 77.1 g/mol. The average Bonchev–Trinajstić information content (AvgIpc) is 1.38. The van der Waals surface area contributed by atoms with Crippen LogP contribution in [0.1, 0.15) is 6.92 Å². The van der Waals surface area contributed by atoms with Crippen LogP contribution in [0.15, 0.2) is 0 Å². The lowest BCUT2D eigenvalue weighted by Gasteiger charge is -1.90. The molecular weight excluding hydrogens is 69.0 g/mol. The highest BCUT2D eigenvalue weighted by molar-refractivity contribution is 4.29. The fourth-order valence-corrected chi connectivity index (χ4v) is 0. The summed E-state index contributed by atoms with van der Waals surface area (Å²) in [6, 6.07) is 0. The van der Waals surface area contributed by atoms with Crippen LogP contribution in [0, 0.1) is 0 Å². The molecule has 0 spiro atoms. The van der Waals surface area contributed by atoms with Gasteiger partial charge in [-0.05, 0) is 14.0 Å². The van der Waals surface area contributed by atoms with Gasteiger partial charge in [0.2, 0.25) is 0 Å². The number of nitrogens with one attached hydrogen (secondary N) is 1. The standard InChI is InChI=1S/C3H8FN/c1-3(4)5-2/h3,5H,1-2H3. The van der Waals surface area contributed by atoms with Crippen molar-refractivity contribution in [2.24, 2.45) is 0 Å². The molecule has 0 saturated carbocycles. The van der Waals surface area contributed by atoms with Crippen molar-refractivity contribution in [3.8, 4) is 0 Å².